The zero-order chi connectivity index (χ0) is 24.6. The van der Waals surface area contributed by atoms with Crippen LogP contribution >= 0.6 is 0 Å². The van der Waals surface area contributed by atoms with Gasteiger partial charge in [-0.15, -0.1) is 0 Å². The van der Waals surface area contributed by atoms with E-state index in [1.165, 1.54) is 16.7 Å². The van der Waals surface area contributed by atoms with Gasteiger partial charge >= 0.3 is 0 Å². The molecule has 6 heteroatoms. The van der Waals surface area contributed by atoms with E-state index < -0.39 is 0 Å². The lowest BCUT2D eigenvalue weighted by Gasteiger charge is -2.03. The van der Waals surface area contributed by atoms with Crippen molar-refractivity contribution in [2.24, 2.45) is 0 Å². The van der Waals surface area contributed by atoms with Crippen LogP contribution in [0.2, 0.25) is 0 Å². The van der Waals surface area contributed by atoms with Gasteiger partial charge in [-0.25, -0.2) is 0 Å². The largest absolute Gasteiger partial charge is 0.365 e. The van der Waals surface area contributed by atoms with E-state index in [2.05, 4.69) is 113 Å². The smallest absolute Gasteiger partial charge is 0.148 e. The average Bonchev–Trinajstić information content (AvgIpc) is 3.52. The van der Waals surface area contributed by atoms with Crippen LogP contribution in [-0.2, 0) is 0 Å². The first-order valence-corrected chi connectivity index (χ1v) is 11.7. The van der Waals surface area contributed by atoms with Crippen LogP contribution in [0, 0.1) is 13.8 Å². The van der Waals surface area contributed by atoms with E-state index in [1.54, 1.807) is 0 Å². The molecule has 2 aromatic heterocycles. The number of rotatable bonds is 10. The summed E-state index contributed by atoms with van der Waals surface area (Å²) in [7, 11) is 0. The molecular formula is C29H32N6. The summed E-state index contributed by atoms with van der Waals surface area (Å²) >= 11 is 0. The van der Waals surface area contributed by atoms with E-state index in [4.69, 9.17) is 0 Å². The van der Waals surface area contributed by atoms with Gasteiger partial charge in [0.05, 0.1) is 11.4 Å². The van der Waals surface area contributed by atoms with Gasteiger partial charge in [0.15, 0.2) is 0 Å². The van der Waals surface area contributed by atoms with Crippen molar-refractivity contribution in [2.45, 2.75) is 20.8 Å². The number of hydrogen-bond donors (Lipinski definition) is 4. The first-order chi connectivity index (χ1) is 17.0. The van der Waals surface area contributed by atoms with Gasteiger partial charge in [0.1, 0.15) is 11.6 Å². The van der Waals surface area contributed by atoms with Crippen molar-refractivity contribution in [1.29, 1.82) is 0 Å². The molecule has 6 nitrogen and oxygen atoms in total. The normalized spacial score (nSPS) is 11.7. The molecular weight excluding hydrogens is 432 g/mol. The van der Waals surface area contributed by atoms with Gasteiger partial charge in [0.25, 0.3) is 0 Å². The Hall–Kier alpha value is -4.32. The number of allylic oxidation sites excluding steroid dienone is 2. The third-order valence-corrected chi connectivity index (χ3v) is 5.64. The first-order valence-electron chi connectivity index (χ1n) is 11.7. The molecule has 0 saturated carbocycles. The zero-order valence-electron chi connectivity index (χ0n) is 20.5. The van der Waals surface area contributed by atoms with Gasteiger partial charge in [0.2, 0.25) is 0 Å². The van der Waals surface area contributed by atoms with Crippen molar-refractivity contribution >= 4 is 11.6 Å². The molecule has 4 N–H and O–H groups in total. The van der Waals surface area contributed by atoms with E-state index in [1.807, 2.05) is 24.3 Å². The van der Waals surface area contributed by atoms with E-state index in [-0.39, 0.29) is 0 Å². The Morgan fingerprint density at radius 1 is 0.800 bits per heavy atom. The predicted molar refractivity (Wildman–Crippen MR) is 147 cm³/mol. The first kappa shape index (κ1) is 23.8. The van der Waals surface area contributed by atoms with Gasteiger partial charge < -0.3 is 10.6 Å². The number of aromatic amines is 2. The Bertz CT molecular complexity index is 1320. The summed E-state index contributed by atoms with van der Waals surface area (Å²) in [4.78, 5) is 0. The fraction of sp³-hybridized carbons (Fsp3) is 0.172. The highest BCUT2D eigenvalue weighted by Crippen LogP contribution is 2.21. The lowest BCUT2D eigenvalue weighted by molar-refractivity contribution is 1.07. The zero-order valence-corrected chi connectivity index (χ0v) is 20.5. The van der Waals surface area contributed by atoms with Crippen LogP contribution in [0.25, 0.3) is 22.5 Å². The van der Waals surface area contributed by atoms with Gasteiger partial charge in [0, 0.05) is 25.2 Å². The summed E-state index contributed by atoms with van der Waals surface area (Å²) in [5, 5.41) is 21.5. The molecule has 0 atom stereocenters. The van der Waals surface area contributed by atoms with E-state index in [0.717, 1.165) is 39.7 Å². The molecule has 4 aromatic rings. The molecule has 0 saturated heterocycles. The molecule has 0 spiro atoms. The molecule has 2 heterocycles. The molecule has 0 fully saturated rings. The molecule has 0 aliphatic carbocycles. The second kappa shape index (κ2) is 11.2. The topological polar surface area (TPSA) is 81.4 Å². The molecule has 35 heavy (non-hydrogen) atoms. The van der Waals surface area contributed by atoms with Crippen LogP contribution in [0.3, 0.4) is 0 Å². The van der Waals surface area contributed by atoms with Gasteiger partial charge in [-0.1, -0.05) is 90.0 Å². The maximum absolute atomic E-state index is 4.36. The minimum absolute atomic E-state index is 0.620. The average molecular weight is 465 g/mol. The number of H-pyrrole nitrogens is 2. The quantitative estimate of drug-likeness (QED) is 0.198. The number of anilines is 2. The number of nitrogens with zero attached hydrogens (tertiary/aromatic N) is 2. The second-order valence-corrected chi connectivity index (χ2v) is 8.80. The minimum Gasteiger partial charge on any atom is -0.365 e. The highest BCUT2D eigenvalue weighted by molar-refractivity contribution is 5.64. The summed E-state index contributed by atoms with van der Waals surface area (Å²) in [5.41, 5.74) is 8.87. The van der Waals surface area contributed by atoms with Crippen LogP contribution < -0.4 is 10.6 Å². The van der Waals surface area contributed by atoms with Crippen molar-refractivity contribution in [3.63, 3.8) is 0 Å². The third kappa shape index (κ3) is 6.84. The SMILES string of the molecule is C=C(/C=C\C=C(/C)CNc1cc(-c2ccc(C)cc2)[nH]n1)CNc1cc(-c2ccc(C)cc2)[nH]n1. The number of nitrogens with one attached hydrogen (secondary N) is 4. The van der Waals surface area contributed by atoms with Crippen LogP contribution in [-0.4, -0.2) is 33.5 Å². The lowest BCUT2D eigenvalue weighted by atomic mass is 10.1. The number of benzene rings is 2. The van der Waals surface area contributed by atoms with E-state index in [9.17, 15) is 0 Å². The van der Waals surface area contributed by atoms with Crippen LogP contribution in [0.4, 0.5) is 11.6 Å². The Kier molecular flexibility index (Phi) is 7.63. The Morgan fingerprint density at radius 3 is 1.80 bits per heavy atom. The fourth-order valence-corrected chi connectivity index (χ4v) is 3.49. The number of aromatic nitrogens is 4. The van der Waals surface area contributed by atoms with Gasteiger partial charge in [-0.05, 0) is 37.5 Å². The molecule has 4 rings (SSSR count). The molecule has 0 aliphatic heterocycles. The predicted octanol–water partition coefficient (Wildman–Crippen LogP) is 6.67. The van der Waals surface area contributed by atoms with Crippen LogP contribution in [0.5, 0.6) is 0 Å². The minimum atomic E-state index is 0.620. The van der Waals surface area contributed by atoms with Crippen LogP contribution in [0.1, 0.15) is 18.1 Å². The van der Waals surface area contributed by atoms with Crippen LogP contribution in [0.15, 0.2) is 96.6 Å². The maximum atomic E-state index is 4.36. The van der Waals surface area contributed by atoms with Crippen molar-refractivity contribution in [1.82, 2.24) is 20.4 Å². The second-order valence-electron chi connectivity index (χ2n) is 8.80. The highest BCUT2D eigenvalue weighted by atomic mass is 15.2. The molecule has 2 aromatic carbocycles. The van der Waals surface area contributed by atoms with Crippen molar-refractivity contribution < 1.29 is 0 Å². The lowest BCUT2D eigenvalue weighted by Crippen LogP contribution is -2.03. The summed E-state index contributed by atoms with van der Waals surface area (Å²) in [6.45, 7) is 11.7. The number of hydrogen-bond acceptors (Lipinski definition) is 4. The summed E-state index contributed by atoms with van der Waals surface area (Å²) in [6.07, 6.45) is 6.11. The maximum Gasteiger partial charge on any atom is 0.148 e. The summed E-state index contributed by atoms with van der Waals surface area (Å²) in [5.74, 6) is 1.63. The van der Waals surface area contributed by atoms with Crippen molar-refractivity contribution in [2.75, 3.05) is 23.7 Å². The molecule has 0 aliphatic rings. The van der Waals surface area contributed by atoms with Gasteiger partial charge in [-0.3, -0.25) is 10.2 Å². The third-order valence-electron chi connectivity index (χ3n) is 5.64. The molecule has 0 radical (unpaired) electrons. The van der Waals surface area contributed by atoms with Crippen molar-refractivity contribution in [3.8, 4) is 22.5 Å². The molecule has 0 amide bonds. The molecule has 178 valence electrons. The molecule has 0 bridgehead atoms. The molecule has 0 unspecified atom stereocenters. The fourth-order valence-electron chi connectivity index (χ4n) is 3.49. The summed E-state index contributed by atoms with van der Waals surface area (Å²) in [6, 6.07) is 20.8. The standard InChI is InChI=1S/C29H32N6/c1-20-8-12-24(13-9-20)26-16-28(34-32-26)30-18-22(3)6-5-7-23(4)19-31-29-17-27(33-35-29)25-14-10-21(2)11-15-25/h5-17H,3,18-19H2,1-2,4H3,(H2,30,32,34)(H2,31,33,35)/b6-5-,23-7+. The Labute approximate surface area is 206 Å². The Morgan fingerprint density at radius 2 is 1.29 bits per heavy atom. The summed E-state index contributed by atoms with van der Waals surface area (Å²) < 4.78 is 0. The van der Waals surface area contributed by atoms with E-state index in [0.29, 0.717) is 13.1 Å². The monoisotopic (exact) mass is 464 g/mol. The van der Waals surface area contributed by atoms with E-state index >= 15 is 0 Å². The Balaban J connectivity index is 1.21. The highest BCUT2D eigenvalue weighted by Gasteiger charge is 2.04. The van der Waals surface area contributed by atoms with Crippen molar-refractivity contribution in [3.05, 3.63) is 108 Å². The number of aryl methyl sites for hydroxylation is 2. The van der Waals surface area contributed by atoms with Gasteiger partial charge in [-0.2, -0.15) is 10.2 Å².